The number of hydrogen-bond acceptors (Lipinski definition) is 4. The predicted molar refractivity (Wildman–Crippen MR) is 39.8 cm³/mol. The van der Waals surface area contributed by atoms with Gasteiger partial charge < -0.3 is 9.05 Å². The second-order valence-corrected chi connectivity index (χ2v) is 5.81. The van der Waals surface area contributed by atoms with Gasteiger partial charge in [0.2, 0.25) is 0 Å². The van der Waals surface area contributed by atoms with E-state index in [1.165, 1.54) is 25.6 Å². The van der Waals surface area contributed by atoms with Crippen molar-refractivity contribution in [3.05, 3.63) is 0 Å². The molecule has 0 radical (unpaired) electrons. The quantitative estimate of drug-likeness (QED) is 0.605. The monoisotopic (exact) mass is 170 g/mol. The zero-order valence-corrected chi connectivity index (χ0v) is 7.50. The van der Waals surface area contributed by atoms with Gasteiger partial charge in [-0.2, -0.15) is 0 Å². The van der Waals surface area contributed by atoms with Crippen LogP contribution >= 0.6 is 18.2 Å². The van der Waals surface area contributed by atoms with Gasteiger partial charge in [-0.1, -0.05) is 6.92 Å². The predicted octanol–water partition coefficient (Wildman–Crippen LogP) is 2.14. The van der Waals surface area contributed by atoms with Crippen molar-refractivity contribution in [1.82, 2.24) is 0 Å². The average molecular weight is 170 g/mol. The van der Waals surface area contributed by atoms with E-state index in [1.54, 1.807) is 0 Å². The molecule has 0 heterocycles. The topological polar surface area (TPSA) is 35.5 Å². The Balaban J connectivity index is 3.78. The van der Waals surface area contributed by atoms with Crippen molar-refractivity contribution < 1.29 is 13.6 Å². The van der Waals surface area contributed by atoms with Crippen LogP contribution in [0, 0.1) is 0 Å². The Morgan fingerprint density at radius 3 is 2.00 bits per heavy atom. The van der Waals surface area contributed by atoms with Crippen molar-refractivity contribution >= 4 is 18.2 Å². The maximum atomic E-state index is 11.1. The smallest absolute Gasteiger partial charge is 0.304 e. The molecule has 3 nitrogen and oxygen atoms in total. The van der Waals surface area contributed by atoms with Gasteiger partial charge in [0.1, 0.15) is 0 Å². The average Bonchev–Trinajstić information content (AvgIpc) is 1.89. The van der Waals surface area contributed by atoms with Crippen LogP contribution < -0.4 is 0 Å². The summed E-state index contributed by atoms with van der Waals surface area (Å²) in [6, 6.07) is 0. The Morgan fingerprint density at radius 2 is 1.89 bits per heavy atom. The summed E-state index contributed by atoms with van der Waals surface area (Å²) in [6.07, 6.45) is 0. The van der Waals surface area contributed by atoms with E-state index >= 15 is 0 Å². The molecule has 0 aliphatic rings. The highest BCUT2D eigenvalue weighted by atomic mass is 32.7. The third-order valence-corrected chi connectivity index (χ3v) is 4.82. The van der Waals surface area contributed by atoms with Gasteiger partial charge in [0.05, 0.1) is 0 Å². The summed E-state index contributed by atoms with van der Waals surface area (Å²) in [5.41, 5.74) is 0. The van der Waals surface area contributed by atoms with Gasteiger partial charge >= 0.3 is 6.80 Å². The summed E-state index contributed by atoms with van der Waals surface area (Å²) < 4.78 is 20.3. The fourth-order valence-corrected chi connectivity index (χ4v) is 2.60. The normalized spacial score (nSPS) is 11.9. The molecule has 0 unspecified atom stereocenters. The van der Waals surface area contributed by atoms with Crippen molar-refractivity contribution in [2.75, 3.05) is 20.0 Å². The van der Waals surface area contributed by atoms with Gasteiger partial charge in [0.25, 0.3) is 0 Å². The van der Waals surface area contributed by atoms with Crippen LogP contribution in [0.5, 0.6) is 0 Å². The first-order valence-electron chi connectivity index (χ1n) is 2.54. The lowest BCUT2D eigenvalue weighted by Crippen LogP contribution is -1.82. The van der Waals surface area contributed by atoms with Crippen molar-refractivity contribution in [1.29, 1.82) is 0 Å². The lowest BCUT2D eigenvalue weighted by Gasteiger charge is -2.09. The first-order chi connectivity index (χ1) is 4.18. The van der Waals surface area contributed by atoms with Crippen LogP contribution in [0.2, 0.25) is 0 Å². The van der Waals surface area contributed by atoms with Crippen LogP contribution in [0.15, 0.2) is 0 Å². The van der Waals surface area contributed by atoms with Crippen LogP contribution in [0.3, 0.4) is 0 Å². The van der Waals surface area contributed by atoms with Crippen LogP contribution in [-0.4, -0.2) is 20.0 Å². The van der Waals surface area contributed by atoms with Gasteiger partial charge in [-0.3, -0.25) is 0 Å². The van der Waals surface area contributed by atoms with Crippen LogP contribution in [0.4, 0.5) is 0 Å². The molecule has 0 amide bonds. The molecule has 0 aromatic heterocycles. The third kappa shape index (κ3) is 3.26. The molecule has 5 heteroatoms. The Morgan fingerprint density at radius 1 is 1.44 bits per heavy atom. The molecule has 0 fully saturated rings. The molecule has 56 valence electrons. The molecule has 0 saturated carbocycles. The van der Waals surface area contributed by atoms with Gasteiger partial charge in [-0.15, -0.1) is 0 Å². The molecule has 9 heavy (non-hydrogen) atoms. The molecule has 0 rings (SSSR count). The van der Waals surface area contributed by atoms with E-state index in [1.807, 2.05) is 6.92 Å². The lowest BCUT2D eigenvalue weighted by molar-refractivity contribution is 0.295. The second-order valence-electron chi connectivity index (χ2n) is 1.23. The molecule has 0 atom stereocenters. The van der Waals surface area contributed by atoms with Crippen LogP contribution in [0.25, 0.3) is 0 Å². The molecular formula is C4H11O3PS. The molecular weight excluding hydrogens is 159 g/mol. The maximum absolute atomic E-state index is 11.1. The minimum absolute atomic E-state index is 0.735. The molecule has 0 saturated heterocycles. The summed E-state index contributed by atoms with van der Waals surface area (Å²) in [5.74, 6) is 0.735. The van der Waals surface area contributed by atoms with E-state index in [9.17, 15) is 4.57 Å². The van der Waals surface area contributed by atoms with E-state index in [4.69, 9.17) is 0 Å². The first-order valence-corrected chi connectivity index (χ1v) is 5.68. The summed E-state index contributed by atoms with van der Waals surface area (Å²) in [7, 11) is 2.76. The Bertz CT molecular complexity index is 108. The van der Waals surface area contributed by atoms with Gasteiger partial charge in [-0.05, 0) is 11.4 Å². The van der Waals surface area contributed by atoms with Crippen molar-refractivity contribution in [2.45, 2.75) is 6.92 Å². The van der Waals surface area contributed by atoms with Crippen molar-refractivity contribution in [3.63, 3.8) is 0 Å². The zero-order valence-electron chi connectivity index (χ0n) is 5.79. The maximum Gasteiger partial charge on any atom is 0.388 e. The van der Waals surface area contributed by atoms with Crippen LogP contribution in [-0.2, 0) is 13.6 Å². The zero-order chi connectivity index (χ0) is 7.33. The number of rotatable bonds is 4. The summed E-state index contributed by atoms with van der Waals surface area (Å²) in [6.45, 7) is -0.866. The third-order valence-electron chi connectivity index (χ3n) is 0.734. The van der Waals surface area contributed by atoms with Crippen LogP contribution in [0.1, 0.15) is 6.92 Å². The molecule has 0 bridgehead atoms. The van der Waals surface area contributed by atoms with Gasteiger partial charge in [0.15, 0.2) is 0 Å². The minimum atomic E-state index is -2.76. The summed E-state index contributed by atoms with van der Waals surface area (Å²) in [5, 5.41) is 0. The second kappa shape index (κ2) is 4.34. The Labute approximate surface area is 59.4 Å². The van der Waals surface area contributed by atoms with E-state index < -0.39 is 6.80 Å². The molecule has 0 aromatic carbocycles. The fourth-order valence-electron chi connectivity index (χ4n) is 0.338. The van der Waals surface area contributed by atoms with Crippen molar-refractivity contribution in [2.24, 2.45) is 0 Å². The van der Waals surface area contributed by atoms with Gasteiger partial charge in [0, 0.05) is 20.0 Å². The molecule has 0 spiro atoms. The van der Waals surface area contributed by atoms with E-state index in [0.29, 0.717) is 0 Å². The molecule has 0 N–H and O–H groups in total. The largest absolute Gasteiger partial charge is 0.388 e. The highest BCUT2D eigenvalue weighted by Crippen LogP contribution is 2.58. The molecule has 0 aromatic rings. The fraction of sp³-hybridized carbons (Fsp3) is 1.00. The standard InChI is InChI=1S/C4H11O3PS/c1-4-9-8(5,6-2)7-3/h4H2,1-3H3. The molecule has 0 aliphatic heterocycles. The minimum Gasteiger partial charge on any atom is -0.304 e. The Kier molecular flexibility index (Phi) is 4.58. The lowest BCUT2D eigenvalue weighted by atomic mass is 11.0. The number of hydrogen-bond donors (Lipinski definition) is 0. The Hall–Kier alpha value is 0.500. The summed E-state index contributed by atoms with van der Waals surface area (Å²) in [4.78, 5) is 0. The molecule has 0 aliphatic carbocycles. The van der Waals surface area contributed by atoms with Crippen molar-refractivity contribution in [3.8, 4) is 0 Å². The SMILES string of the molecule is CCSP(=O)(OC)OC. The highest BCUT2D eigenvalue weighted by Gasteiger charge is 2.19. The van der Waals surface area contributed by atoms with E-state index in [2.05, 4.69) is 9.05 Å². The van der Waals surface area contributed by atoms with E-state index in [0.717, 1.165) is 5.75 Å². The first kappa shape index (κ1) is 9.50. The van der Waals surface area contributed by atoms with E-state index in [-0.39, 0.29) is 0 Å². The highest BCUT2D eigenvalue weighted by molar-refractivity contribution is 8.55. The summed E-state index contributed by atoms with van der Waals surface area (Å²) >= 11 is 1.19. The van der Waals surface area contributed by atoms with Gasteiger partial charge in [-0.25, -0.2) is 4.57 Å².